The van der Waals surface area contributed by atoms with E-state index in [4.69, 9.17) is 11.6 Å². The first kappa shape index (κ1) is 23.5. The third-order valence-electron chi connectivity index (χ3n) is 6.69. The minimum atomic E-state index is -0.692. The van der Waals surface area contributed by atoms with Crippen molar-refractivity contribution in [3.05, 3.63) is 58.1 Å². The molecule has 176 valence electrons. The summed E-state index contributed by atoms with van der Waals surface area (Å²) in [5, 5.41) is 6.05. The Labute approximate surface area is 200 Å². The number of hydrogen-bond acceptors (Lipinski definition) is 5. The molecule has 0 radical (unpaired) electrons. The summed E-state index contributed by atoms with van der Waals surface area (Å²) in [6.07, 6.45) is 1.03. The molecule has 0 aliphatic carbocycles. The zero-order valence-electron chi connectivity index (χ0n) is 19.5. The number of anilines is 2. The summed E-state index contributed by atoms with van der Waals surface area (Å²) in [6, 6.07) is 11.8. The summed E-state index contributed by atoms with van der Waals surface area (Å²) >= 11 is 6.13. The maximum absolute atomic E-state index is 12.6. The highest BCUT2D eigenvalue weighted by Gasteiger charge is 2.27. The molecule has 2 amide bonds. The van der Waals surface area contributed by atoms with Gasteiger partial charge < -0.3 is 20.4 Å². The molecule has 2 heterocycles. The number of piperazine rings is 1. The van der Waals surface area contributed by atoms with Crippen LogP contribution in [0.1, 0.15) is 22.7 Å². The third kappa shape index (κ3) is 5.49. The maximum atomic E-state index is 12.6. The van der Waals surface area contributed by atoms with Crippen molar-refractivity contribution in [3.8, 4) is 0 Å². The fraction of sp³-hybridized carbons (Fsp3) is 0.440. The third-order valence-corrected chi connectivity index (χ3v) is 7.09. The predicted molar refractivity (Wildman–Crippen MR) is 133 cm³/mol. The fourth-order valence-electron chi connectivity index (χ4n) is 4.51. The van der Waals surface area contributed by atoms with Crippen molar-refractivity contribution < 1.29 is 9.59 Å². The van der Waals surface area contributed by atoms with Crippen LogP contribution in [-0.2, 0) is 16.0 Å². The Morgan fingerprint density at radius 3 is 2.48 bits per heavy atom. The highest BCUT2D eigenvalue weighted by atomic mass is 35.5. The lowest BCUT2D eigenvalue weighted by Crippen LogP contribution is -2.49. The molecule has 0 saturated carbocycles. The van der Waals surface area contributed by atoms with Crippen LogP contribution < -0.4 is 15.5 Å². The van der Waals surface area contributed by atoms with Crippen molar-refractivity contribution in [1.82, 2.24) is 15.1 Å². The summed E-state index contributed by atoms with van der Waals surface area (Å²) in [4.78, 5) is 32.1. The second-order valence-electron chi connectivity index (χ2n) is 9.04. The van der Waals surface area contributed by atoms with E-state index >= 15 is 0 Å². The van der Waals surface area contributed by atoms with Gasteiger partial charge in [0.2, 0.25) is 0 Å². The SMILES string of the molecule is Cc1ccc(NC(=O)C(=O)NCC(c2ccc3c(c2)CCN3C)N2CCN(C)CC2)cc1Cl. The number of carbonyl (C=O) groups is 2. The number of fused-ring (bicyclic) bond motifs is 1. The molecule has 0 bridgehead atoms. The minimum absolute atomic E-state index is 0.0143. The Kier molecular flexibility index (Phi) is 7.22. The van der Waals surface area contributed by atoms with Crippen LogP contribution in [0.5, 0.6) is 0 Å². The van der Waals surface area contributed by atoms with Gasteiger partial charge in [0.15, 0.2) is 0 Å². The molecule has 4 rings (SSSR count). The zero-order chi connectivity index (χ0) is 23.5. The van der Waals surface area contributed by atoms with Crippen molar-refractivity contribution in [2.75, 3.05) is 63.6 Å². The molecule has 7 nitrogen and oxygen atoms in total. The molecule has 2 aromatic rings. The molecule has 2 aliphatic rings. The van der Waals surface area contributed by atoms with Gasteiger partial charge in [-0.05, 0) is 55.3 Å². The number of amides is 2. The molecular formula is C25H32ClN5O2. The average Bonchev–Trinajstić information content (AvgIpc) is 3.17. The second-order valence-corrected chi connectivity index (χ2v) is 9.45. The van der Waals surface area contributed by atoms with E-state index in [9.17, 15) is 9.59 Å². The van der Waals surface area contributed by atoms with Gasteiger partial charge in [-0.1, -0.05) is 29.8 Å². The molecule has 1 saturated heterocycles. The molecule has 0 aromatic heterocycles. The molecule has 2 aromatic carbocycles. The lowest BCUT2D eigenvalue weighted by Gasteiger charge is -2.38. The van der Waals surface area contributed by atoms with Crippen LogP contribution in [0.25, 0.3) is 0 Å². The first-order valence-corrected chi connectivity index (χ1v) is 11.8. The van der Waals surface area contributed by atoms with Gasteiger partial charge in [0.1, 0.15) is 0 Å². The monoisotopic (exact) mass is 469 g/mol. The van der Waals surface area contributed by atoms with Crippen molar-refractivity contribution in [3.63, 3.8) is 0 Å². The van der Waals surface area contributed by atoms with Gasteiger partial charge in [0.25, 0.3) is 0 Å². The highest BCUT2D eigenvalue weighted by molar-refractivity contribution is 6.39. The molecule has 33 heavy (non-hydrogen) atoms. The molecule has 0 spiro atoms. The smallest absolute Gasteiger partial charge is 0.313 e. The van der Waals surface area contributed by atoms with Gasteiger partial charge in [0.05, 0.1) is 6.04 Å². The maximum Gasteiger partial charge on any atom is 0.313 e. The Hall–Kier alpha value is -2.61. The molecule has 1 unspecified atom stereocenters. The summed E-state index contributed by atoms with van der Waals surface area (Å²) in [6.45, 7) is 7.08. The molecule has 2 N–H and O–H groups in total. The lowest BCUT2D eigenvalue weighted by atomic mass is 10.00. The van der Waals surface area contributed by atoms with Crippen LogP contribution in [0.4, 0.5) is 11.4 Å². The van der Waals surface area contributed by atoms with Gasteiger partial charge in [-0.3, -0.25) is 14.5 Å². The van der Waals surface area contributed by atoms with E-state index in [0.717, 1.165) is 44.7 Å². The number of rotatable bonds is 5. The number of benzene rings is 2. The summed E-state index contributed by atoms with van der Waals surface area (Å²) in [5.41, 5.74) is 5.21. The largest absolute Gasteiger partial charge is 0.374 e. The summed E-state index contributed by atoms with van der Waals surface area (Å²) in [5.74, 6) is -1.34. The fourth-order valence-corrected chi connectivity index (χ4v) is 4.69. The van der Waals surface area contributed by atoms with Gasteiger partial charge in [-0.15, -0.1) is 0 Å². The number of carbonyl (C=O) groups excluding carboxylic acids is 2. The van der Waals surface area contributed by atoms with E-state index in [1.165, 1.54) is 16.8 Å². The van der Waals surface area contributed by atoms with Crippen LogP contribution in [0.3, 0.4) is 0 Å². The van der Waals surface area contributed by atoms with Crippen LogP contribution in [0.2, 0.25) is 5.02 Å². The average molecular weight is 470 g/mol. The van der Waals surface area contributed by atoms with Crippen molar-refractivity contribution in [2.45, 2.75) is 19.4 Å². The molecule has 8 heteroatoms. The Morgan fingerprint density at radius 1 is 1.00 bits per heavy atom. The molecule has 2 aliphatic heterocycles. The quantitative estimate of drug-likeness (QED) is 0.659. The number of halogens is 1. The first-order valence-electron chi connectivity index (χ1n) is 11.4. The van der Waals surface area contributed by atoms with Gasteiger partial charge in [0, 0.05) is 62.7 Å². The Bertz CT molecular complexity index is 1040. The van der Waals surface area contributed by atoms with Crippen molar-refractivity contribution in [2.24, 2.45) is 0 Å². The normalized spacial score (nSPS) is 17.5. The zero-order valence-corrected chi connectivity index (χ0v) is 20.3. The van der Waals surface area contributed by atoms with E-state index in [-0.39, 0.29) is 6.04 Å². The number of nitrogens with zero attached hydrogens (tertiary/aromatic N) is 3. The lowest BCUT2D eigenvalue weighted by molar-refractivity contribution is -0.136. The topological polar surface area (TPSA) is 67.9 Å². The molecule has 1 atom stereocenters. The number of likely N-dealkylation sites (N-methyl/N-ethyl adjacent to an activating group) is 2. The van der Waals surface area contributed by atoms with Crippen molar-refractivity contribution in [1.29, 1.82) is 0 Å². The first-order chi connectivity index (χ1) is 15.8. The van der Waals surface area contributed by atoms with Crippen LogP contribution >= 0.6 is 11.6 Å². The standard InChI is InChI=1S/C25H32ClN5O2/c1-17-4-6-20(15-21(17)26)28-25(33)24(32)27-16-23(31-12-10-29(2)11-13-31)18-5-7-22-19(14-18)8-9-30(22)3/h4-7,14-15,23H,8-13,16H2,1-3H3,(H,27,32)(H,28,33). The predicted octanol–water partition coefficient (Wildman–Crippen LogP) is 2.68. The highest BCUT2D eigenvalue weighted by Crippen LogP contribution is 2.31. The minimum Gasteiger partial charge on any atom is -0.374 e. The van der Waals surface area contributed by atoms with Gasteiger partial charge in [-0.2, -0.15) is 0 Å². The van der Waals surface area contributed by atoms with Crippen LogP contribution in [-0.4, -0.2) is 75.0 Å². The molecular weight excluding hydrogens is 438 g/mol. The number of aryl methyl sites for hydroxylation is 1. The van der Waals surface area contributed by atoms with Crippen LogP contribution in [0, 0.1) is 6.92 Å². The van der Waals surface area contributed by atoms with E-state index in [2.05, 4.69) is 57.6 Å². The second kappa shape index (κ2) is 10.1. The van der Waals surface area contributed by atoms with E-state index in [0.29, 0.717) is 17.3 Å². The van der Waals surface area contributed by atoms with Crippen molar-refractivity contribution >= 4 is 34.8 Å². The van der Waals surface area contributed by atoms with E-state index in [1.54, 1.807) is 12.1 Å². The molecule has 1 fully saturated rings. The summed E-state index contributed by atoms with van der Waals surface area (Å²) < 4.78 is 0. The number of nitrogens with one attached hydrogen (secondary N) is 2. The van der Waals surface area contributed by atoms with E-state index < -0.39 is 11.8 Å². The van der Waals surface area contributed by atoms with Gasteiger partial charge >= 0.3 is 11.8 Å². The number of hydrogen-bond donors (Lipinski definition) is 2. The Balaban J connectivity index is 1.45. The Morgan fingerprint density at radius 2 is 1.76 bits per heavy atom. The van der Waals surface area contributed by atoms with Gasteiger partial charge in [-0.25, -0.2) is 0 Å². The van der Waals surface area contributed by atoms with Crippen LogP contribution in [0.15, 0.2) is 36.4 Å². The summed E-state index contributed by atoms with van der Waals surface area (Å²) in [7, 11) is 4.24. The van der Waals surface area contributed by atoms with E-state index in [1.807, 2.05) is 13.0 Å².